The van der Waals surface area contributed by atoms with Crippen LogP contribution in [0.5, 0.6) is 11.5 Å². The molecule has 0 atom stereocenters. The number of halogens is 1. The van der Waals surface area contributed by atoms with E-state index in [0.29, 0.717) is 35.0 Å². The maximum absolute atomic E-state index is 15.5. The molecule has 0 radical (unpaired) electrons. The molecule has 0 N–H and O–H groups in total. The Morgan fingerprint density at radius 3 is 2.43 bits per heavy atom. The molecule has 4 heterocycles. The number of hydrogen-bond acceptors (Lipinski definition) is 8. The third-order valence-electron chi connectivity index (χ3n) is 5.51. The number of aromatic nitrogens is 7. The second-order valence-corrected chi connectivity index (χ2v) is 7.94. The predicted octanol–water partition coefficient (Wildman–Crippen LogP) is 3.65. The summed E-state index contributed by atoms with van der Waals surface area (Å²) in [6, 6.07) is 6.70. The van der Waals surface area contributed by atoms with E-state index in [1.807, 2.05) is 32.6 Å². The summed E-state index contributed by atoms with van der Waals surface area (Å²) in [5, 5.41) is 8.44. The van der Waals surface area contributed by atoms with Gasteiger partial charge in [0.1, 0.15) is 17.1 Å². The van der Waals surface area contributed by atoms with Crippen LogP contribution in [0.25, 0.3) is 22.4 Å². The lowest BCUT2D eigenvalue weighted by Gasteiger charge is -2.25. The minimum absolute atomic E-state index is 0.0648. The SMILES string of the molecule is COc1cc(OC)c(F)c(N(Cc2cnn(C)c2)c2ccc3ncc(-c4cnn(C)c4)nc3n2)c1. The lowest BCUT2D eigenvalue weighted by molar-refractivity contribution is 0.374. The molecule has 0 aliphatic carbocycles. The van der Waals surface area contributed by atoms with Crippen LogP contribution in [0, 0.1) is 5.82 Å². The van der Waals surface area contributed by atoms with Crippen molar-refractivity contribution in [1.29, 1.82) is 0 Å². The number of benzene rings is 1. The Morgan fingerprint density at radius 1 is 0.943 bits per heavy atom. The Bertz CT molecular complexity index is 1510. The standard InChI is InChI=1S/C24H23FN8O2/c1-31-12-15(9-27-31)13-33(20-7-17(34-3)8-21(35-4)23(20)25)22-6-5-18-24(30-22)29-19(11-26-18)16-10-28-32(2)14-16/h5-12,14H,13H2,1-4H3. The Morgan fingerprint density at radius 2 is 1.74 bits per heavy atom. The minimum Gasteiger partial charge on any atom is -0.497 e. The quantitative estimate of drug-likeness (QED) is 0.353. The number of fused-ring (bicyclic) bond motifs is 1. The highest BCUT2D eigenvalue weighted by Gasteiger charge is 2.22. The van der Waals surface area contributed by atoms with Crippen molar-refractivity contribution in [2.75, 3.05) is 19.1 Å². The van der Waals surface area contributed by atoms with Crippen molar-refractivity contribution in [3.63, 3.8) is 0 Å². The van der Waals surface area contributed by atoms with Gasteiger partial charge in [0.25, 0.3) is 0 Å². The largest absolute Gasteiger partial charge is 0.497 e. The summed E-state index contributed by atoms with van der Waals surface area (Å²) in [6.07, 6.45) is 8.84. The molecule has 11 heteroatoms. The number of aryl methyl sites for hydroxylation is 2. The van der Waals surface area contributed by atoms with Crippen LogP contribution in [-0.4, -0.2) is 48.7 Å². The molecular formula is C24H23FN8O2. The fourth-order valence-electron chi connectivity index (χ4n) is 3.78. The summed E-state index contributed by atoms with van der Waals surface area (Å²) >= 11 is 0. The predicted molar refractivity (Wildman–Crippen MR) is 128 cm³/mol. The van der Waals surface area contributed by atoms with Crippen LogP contribution in [0.2, 0.25) is 0 Å². The molecule has 0 aliphatic heterocycles. The molecule has 35 heavy (non-hydrogen) atoms. The molecule has 0 fully saturated rings. The second kappa shape index (κ2) is 9.01. The minimum atomic E-state index is -0.533. The molecule has 0 saturated carbocycles. The molecule has 178 valence electrons. The van der Waals surface area contributed by atoms with Gasteiger partial charge >= 0.3 is 0 Å². The van der Waals surface area contributed by atoms with Crippen molar-refractivity contribution in [2.24, 2.45) is 14.1 Å². The highest BCUT2D eigenvalue weighted by Crippen LogP contribution is 2.37. The third kappa shape index (κ3) is 4.35. The average molecular weight is 475 g/mol. The number of methoxy groups -OCH3 is 2. The van der Waals surface area contributed by atoms with E-state index in [4.69, 9.17) is 14.5 Å². The summed E-state index contributed by atoms with van der Waals surface area (Å²) in [4.78, 5) is 15.7. The number of nitrogens with zero attached hydrogens (tertiary/aromatic N) is 8. The molecule has 0 bridgehead atoms. The second-order valence-electron chi connectivity index (χ2n) is 7.94. The first-order chi connectivity index (χ1) is 16.9. The molecule has 0 aliphatic rings. The van der Waals surface area contributed by atoms with Crippen LogP contribution in [0.15, 0.2) is 55.2 Å². The van der Waals surface area contributed by atoms with Gasteiger partial charge in [0.2, 0.25) is 0 Å². The summed E-state index contributed by atoms with van der Waals surface area (Å²) in [5.74, 6) is 0.464. The third-order valence-corrected chi connectivity index (χ3v) is 5.51. The van der Waals surface area contributed by atoms with E-state index < -0.39 is 5.82 Å². The van der Waals surface area contributed by atoms with Gasteiger partial charge in [-0.25, -0.2) is 14.4 Å². The Kier molecular flexibility index (Phi) is 5.73. The van der Waals surface area contributed by atoms with Crippen LogP contribution in [-0.2, 0) is 20.6 Å². The fraction of sp³-hybridized carbons (Fsp3) is 0.208. The van der Waals surface area contributed by atoms with E-state index in [1.165, 1.54) is 20.3 Å². The van der Waals surface area contributed by atoms with E-state index in [-0.39, 0.29) is 11.4 Å². The van der Waals surface area contributed by atoms with E-state index in [9.17, 15) is 0 Å². The van der Waals surface area contributed by atoms with Crippen molar-refractivity contribution >= 4 is 22.7 Å². The number of ether oxygens (including phenoxy) is 2. The first-order valence-corrected chi connectivity index (χ1v) is 10.7. The molecule has 5 aromatic rings. The van der Waals surface area contributed by atoms with Crippen molar-refractivity contribution in [3.8, 4) is 22.8 Å². The van der Waals surface area contributed by atoms with Gasteiger partial charge in [0, 0.05) is 49.7 Å². The molecule has 0 saturated heterocycles. The molecule has 5 rings (SSSR count). The molecule has 0 spiro atoms. The topological polar surface area (TPSA) is 96.0 Å². The van der Waals surface area contributed by atoms with Crippen LogP contribution >= 0.6 is 0 Å². The molecule has 0 amide bonds. The highest BCUT2D eigenvalue weighted by molar-refractivity contribution is 5.77. The van der Waals surface area contributed by atoms with Gasteiger partial charge in [0.05, 0.1) is 50.7 Å². The van der Waals surface area contributed by atoms with Gasteiger partial charge in [0.15, 0.2) is 17.2 Å². The average Bonchev–Trinajstić information content (AvgIpc) is 3.50. The highest BCUT2D eigenvalue weighted by atomic mass is 19.1. The van der Waals surface area contributed by atoms with Crippen LogP contribution < -0.4 is 14.4 Å². The Labute approximate surface area is 200 Å². The summed E-state index contributed by atoms with van der Waals surface area (Å²) in [6.45, 7) is 0.301. The zero-order chi connectivity index (χ0) is 24.5. The van der Waals surface area contributed by atoms with Crippen molar-refractivity contribution in [2.45, 2.75) is 6.54 Å². The van der Waals surface area contributed by atoms with Crippen LogP contribution in [0.3, 0.4) is 0 Å². The zero-order valence-electron chi connectivity index (χ0n) is 19.7. The zero-order valence-corrected chi connectivity index (χ0v) is 19.7. The van der Waals surface area contributed by atoms with E-state index in [1.54, 1.807) is 45.0 Å². The van der Waals surface area contributed by atoms with Gasteiger partial charge in [-0.15, -0.1) is 0 Å². The van der Waals surface area contributed by atoms with Gasteiger partial charge in [-0.05, 0) is 12.1 Å². The van der Waals surface area contributed by atoms with Crippen molar-refractivity contribution < 1.29 is 13.9 Å². The van der Waals surface area contributed by atoms with Crippen LogP contribution in [0.4, 0.5) is 15.9 Å². The normalized spacial score (nSPS) is 11.1. The van der Waals surface area contributed by atoms with Crippen molar-refractivity contribution in [1.82, 2.24) is 34.5 Å². The maximum atomic E-state index is 15.5. The summed E-state index contributed by atoms with van der Waals surface area (Å²) in [7, 11) is 6.59. The molecular weight excluding hydrogens is 451 g/mol. The monoisotopic (exact) mass is 474 g/mol. The summed E-state index contributed by atoms with van der Waals surface area (Å²) in [5.41, 5.74) is 3.62. The van der Waals surface area contributed by atoms with E-state index >= 15 is 4.39 Å². The number of anilines is 2. The molecule has 4 aromatic heterocycles. The van der Waals surface area contributed by atoms with Gasteiger partial charge in [-0.2, -0.15) is 10.2 Å². The maximum Gasteiger partial charge on any atom is 0.188 e. The van der Waals surface area contributed by atoms with Gasteiger partial charge < -0.3 is 14.4 Å². The number of rotatable bonds is 7. The first-order valence-electron chi connectivity index (χ1n) is 10.7. The Balaban J connectivity index is 1.65. The fourth-order valence-corrected chi connectivity index (χ4v) is 3.78. The lowest BCUT2D eigenvalue weighted by atomic mass is 10.2. The van der Waals surface area contributed by atoms with Crippen LogP contribution in [0.1, 0.15) is 5.56 Å². The summed E-state index contributed by atoms with van der Waals surface area (Å²) < 4.78 is 29.6. The van der Waals surface area contributed by atoms with Gasteiger partial charge in [-0.3, -0.25) is 14.3 Å². The smallest absolute Gasteiger partial charge is 0.188 e. The van der Waals surface area contributed by atoms with E-state index in [0.717, 1.165) is 11.1 Å². The molecule has 10 nitrogen and oxygen atoms in total. The number of pyridine rings is 1. The molecule has 0 unspecified atom stereocenters. The lowest BCUT2D eigenvalue weighted by Crippen LogP contribution is -2.19. The number of hydrogen-bond donors (Lipinski definition) is 0. The van der Waals surface area contributed by atoms with Crippen molar-refractivity contribution in [3.05, 3.63) is 66.6 Å². The molecule has 1 aromatic carbocycles. The Hall–Kier alpha value is -4.54. The first kappa shape index (κ1) is 22.3. The van der Waals surface area contributed by atoms with Gasteiger partial charge in [-0.1, -0.05) is 0 Å². The van der Waals surface area contributed by atoms with E-state index in [2.05, 4.69) is 20.2 Å².